The summed E-state index contributed by atoms with van der Waals surface area (Å²) in [5.41, 5.74) is 6.08. The summed E-state index contributed by atoms with van der Waals surface area (Å²) in [5, 5.41) is 0. The third-order valence-corrected chi connectivity index (χ3v) is 5.73. The molecule has 0 aromatic carbocycles. The molecule has 0 aromatic heterocycles. The zero-order valence-corrected chi connectivity index (χ0v) is 13.4. The van der Waals surface area contributed by atoms with E-state index in [-0.39, 0.29) is 0 Å². The highest BCUT2D eigenvalue weighted by atomic mass is 15.2. The van der Waals surface area contributed by atoms with E-state index in [0.29, 0.717) is 6.04 Å². The third kappa shape index (κ3) is 3.33. The first-order valence-electron chi connectivity index (χ1n) is 8.52. The normalized spacial score (nSPS) is 41.7. The van der Waals surface area contributed by atoms with Crippen molar-refractivity contribution in [1.29, 1.82) is 0 Å². The predicted octanol–water partition coefficient (Wildman–Crippen LogP) is 3.65. The number of rotatable bonds is 3. The first kappa shape index (κ1) is 15.3. The Labute approximate surface area is 120 Å². The van der Waals surface area contributed by atoms with E-state index in [0.717, 1.165) is 36.4 Å². The third-order valence-electron chi connectivity index (χ3n) is 5.73. The Balaban J connectivity index is 2.17. The largest absolute Gasteiger partial charge is 0.329 e. The van der Waals surface area contributed by atoms with Gasteiger partial charge in [-0.05, 0) is 50.4 Å². The van der Waals surface area contributed by atoms with Gasteiger partial charge in [-0.2, -0.15) is 0 Å². The van der Waals surface area contributed by atoms with E-state index >= 15 is 0 Å². The molecule has 112 valence electrons. The SMILES string of the molecule is CC1CCC(C(C)C)C(N2C(C)CCCC2CN)C1. The molecule has 1 aliphatic carbocycles. The minimum Gasteiger partial charge on any atom is -0.329 e. The van der Waals surface area contributed by atoms with E-state index in [1.54, 1.807) is 0 Å². The second-order valence-corrected chi connectivity index (χ2v) is 7.51. The number of piperidine rings is 1. The molecule has 1 heterocycles. The molecule has 1 saturated carbocycles. The number of hydrogen-bond donors (Lipinski definition) is 1. The monoisotopic (exact) mass is 266 g/mol. The van der Waals surface area contributed by atoms with Gasteiger partial charge in [0.2, 0.25) is 0 Å². The van der Waals surface area contributed by atoms with E-state index < -0.39 is 0 Å². The lowest BCUT2D eigenvalue weighted by molar-refractivity contribution is -0.0178. The van der Waals surface area contributed by atoms with Crippen LogP contribution in [0.3, 0.4) is 0 Å². The van der Waals surface area contributed by atoms with Gasteiger partial charge in [0.05, 0.1) is 0 Å². The summed E-state index contributed by atoms with van der Waals surface area (Å²) in [6, 6.07) is 2.16. The Hall–Kier alpha value is -0.0800. The van der Waals surface area contributed by atoms with E-state index in [2.05, 4.69) is 32.6 Å². The topological polar surface area (TPSA) is 29.3 Å². The maximum atomic E-state index is 6.08. The van der Waals surface area contributed by atoms with Gasteiger partial charge in [-0.25, -0.2) is 0 Å². The maximum Gasteiger partial charge on any atom is 0.0224 e. The summed E-state index contributed by atoms with van der Waals surface area (Å²) in [5.74, 6) is 2.59. The molecule has 2 fully saturated rings. The Morgan fingerprint density at radius 1 is 1.11 bits per heavy atom. The van der Waals surface area contributed by atoms with Crippen molar-refractivity contribution in [2.24, 2.45) is 23.5 Å². The highest BCUT2D eigenvalue weighted by Crippen LogP contribution is 2.40. The van der Waals surface area contributed by atoms with Gasteiger partial charge in [-0.15, -0.1) is 0 Å². The van der Waals surface area contributed by atoms with Crippen LogP contribution in [0, 0.1) is 17.8 Å². The summed E-state index contributed by atoms with van der Waals surface area (Å²) in [7, 11) is 0. The van der Waals surface area contributed by atoms with Crippen molar-refractivity contribution in [1.82, 2.24) is 4.90 Å². The molecule has 0 radical (unpaired) electrons. The van der Waals surface area contributed by atoms with Crippen LogP contribution in [0.4, 0.5) is 0 Å². The van der Waals surface area contributed by atoms with Gasteiger partial charge in [0.15, 0.2) is 0 Å². The highest BCUT2D eigenvalue weighted by molar-refractivity contribution is 4.94. The van der Waals surface area contributed by atoms with Crippen LogP contribution in [-0.2, 0) is 0 Å². The minimum atomic E-state index is 0.639. The van der Waals surface area contributed by atoms with E-state index in [4.69, 9.17) is 5.73 Å². The van der Waals surface area contributed by atoms with Gasteiger partial charge >= 0.3 is 0 Å². The van der Waals surface area contributed by atoms with Crippen LogP contribution in [0.1, 0.15) is 66.2 Å². The van der Waals surface area contributed by atoms with Crippen LogP contribution in [0.15, 0.2) is 0 Å². The quantitative estimate of drug-likeness (QED) is 0.845. The summed E-state index contributed by atoms with van der Waals surface area (Å²) < 4.78 is 0. The zero-order valence-electron chi connectivity index (χ0n) is 13.4. The van der Waals surface area contributed by atoms with E-state index in [9.17, 15) is 0 Å². The average molecular weight is 266 g/mol. The minimum absolute atomic E-state index is 0.639. The highest BCUT2D eigenvalue weighted by Gasteiger charge is 2.40. The molecule has 2 rings (SSSR count). The molecule has 0 bridgehead atoms. The lowest BCUT2D eigenvalue weighted by Gasteiger charge is -2.51. The molecular formula is C17H34N2. The molecule has 2 heteroatoms. The number of nitrogens with zero attached hydrogens (tertiary/aromatic N) is 1. The lowest BCUT2D eigenvalue weighted by atomic mass is 9.72. The molecule has 5 atom stereocenters. The first-order valence-corrected chi connectivity index (χ1v) is 8.52. The lowest BCUT2D eigenvalue weighted by Crippen LogP contribution is -2.57. The number of hydrogen-bond acceptors (Lipinski definition) is 2. The number of nitrogens with two attached hydrogens (primary N) is 1. The fraction of sp³-hybridized carbons (Fsp3) is 1.00. The van der Waals surface area contributed by atoms with Crippen molar-refractivity contribution in [2.75, 3.05) is 6.54 Å². The summed E-state index contributed by atoms with van der Waals surface area (Å²) in [6.45, 7) is 10.5. The van der Waals surface area contributed by atoms with E-state index in [1.165, 1.54) is 38.5 Å². The molecule has 0 aromatic rings. The molecular weight excluding hydrogens is 232 g/mol. The maximum absolute atomic E-state index is 6.08. The van der Waals surface area contributed by atoms with Crippen molar-refractivity contribution in [3.63, 3.8) is 0 Å². The van der Waals surface area contributed by atoms with Crippen LogP contribution in [-0.4, -0.2) is 29.6 Å². The molecule has 1 saturated heterocycles. The smallest absolute Gasteiger partial charge is 0.0224 e. The number of likely N-dealkylation sites (tertiary alicyclic amines) is 1. The average Bonchev–Trinajstić information content (AvgIpc) is 2.37. The van der Waals surface area contributed by atoms with Crippen molar-refractivity contribution < 1.29 is 0 Å². The Morgan fingerprint density at radius 3 is 2.47 bits per heavy atom. The van der Waals surface area contributed by atoms with Crippen molar-refractivity contribution in [3.05, 3.63) is 0 Å². The second kappa shape index (κ2) is 6.58. The van der Waals surface area contributed by atoms with E-state index in [1.807, 2.05) is 0 Å². The molecule has 0 amide bonds. The first-order chi connectivity index (χ1) is 9.04. The molecule has 1 aliphatic heterocycles. The molecule has 0 spiro atoms. The van der Waals surface area contributed by atoms with Crippen molar-refractivity contribution in [3.8, 4) is 0 Å². The van der Waals surface area contributed by atoms with Crippen LogP contribution < -0.4 is 5.73 Å². The molecule has 2 N–H and O–H groups in total. The summed E-state index contributed by atoms with van der Waals surface area (Å²) in [4.78, 5) is 2.84. The standard InChI is InChI=1S/C17H34N2/c1-12(2)16-9-8-13(3)10-17(16)19-14(4)6-5-7-15(19)11-18/h12-17H,5-11,18H2,1-4H3. The van der Waals surface area contributed by atoms with Gasteiger partial charge in [0.1, 0.15) is 0 Å². The van der Waals surface area contributed by atoms with Gasteiger partial charge in [-0.1, -0.05) is 33.6 Å². The van der Waals surface area contributed by atoms with Gasteiger partial charge < -0.3 is 5.73 Å². The molecule has 19 heavy (non-hydrogen) atoms. The van der Waals surface area contributed by atoms with Gasteiger partial charge in [0.25, 0.3) is 0 Å². The van der Waals surface area contributed by atoms with Crippen molar-refractivity contribution >= 4 is 0 Å². The zero-order chi connectivity index (χ0) is 14.0. The Kier molecular flexibility index (Phi) is 5.30. The van der Waals surface area contributed by atoms with Crippen molar-refractivity contribution in [2.45, 2.75) is 84.3 Å². The van der Waals surface area contributed by atoms with Crippen LogP contribution in [0.5, 0.6) is 0 Å². The second-order valence-electron chi connectivity index (χ2n) is 7.51. The Morgan fingerprint density at radius 2 is 1.84 bits per heavy atom. The molecule has 5 unspecified atom stereocenters. The van der Waals surface area contributed by atoms with Crippen LogP contribution >= 0.6 is 0 Å². The summed E-state index contributed by atoms with van der Waals surface area (Å²) in [6.07, 6.45) is 8.29. The fourth-order valence-corrected chi connectivity index (χ4v) is 4.64. The molecule has 2 aliphatic rings. The van der Waals surface area contributed by atoms with Gasteiger partial charge in [0, 0.05) is 24.7 Å². The van der Waals surface area contributed by atoms with Crippen LogP contribution in [0.25, 0.3) is 0 Å². The predicted molar refractivity (Wildman–Crippen MR) is 83.1 cm³/mol. The Bertz CT molecular complexity index is 276. The van der Waals surface area contributed by atoms with Crippen LogP contribution in [0.2, 0.25) is 0 Å². The fourth-order valence-electron chi connectivity index (χ4n) is 4.64. The molecule has 2 nitrogen and oxygen atoms in total. The van der Waals surface area contributed by atoms with Gasteiger partial charge in [-0.3, -0.25) is 4.90 Å². The summed E-state index contributed by atoms with van der Waals surface area (Å²) >= 11 is 0.